The molecule has 0 spiro atoms. The molecule has 0 aliphatic rings. The number of hydrogen-bond acceptors (Lipinski definition) is 5. The van der Waals surface area contributed by atoms with Gasteiger partial charge in [0.1, 0.15) is 0 Å². The van der Waals surface area contributed by atoms with Gasteiger partial charge in [0, 0.05) is 5.39 Å². The number of nitrogens with zero attached hydrogens (tertiary/aromatic N) is 2. The molecule has 0 saturated heterocycles. The molecule has 0 amide bonds. The van der Waals surface area contributed by atoms with E-state index in [1.54, 1.807) is 6.07 Å². The van der Waals surface area contributed by atoms with E-state index in [0.717, 1.165) is 6.07 Å². The molecule has 0 atom stereocenters. The third-order valence-corrected chi connectivity index (χ3v) is 2.37. The van der Waals surface area contributed by atoms with E-state index in [1.807, 2.05) is 0 Å². The van der Waals surface area contributed by atoms with E-state index in [-0.39, 0.29) is 51.3 Å². The molecule has 0 unspecified atom stereocenters. The normalized spacial score (nSPS) is 8.80. The number of nitro groups is 2. The van der Waals surface area contributed by atoms with Gasteiger partial charge < -0.3 is 16.1 Å². The summed E-state index contributed by atoms with van der Waals surface area (Å²) >= 11 is 0. The summed E-state index contributed by atoms with van der Waals surface area (Å²) < 4.78 is 0. The SMILES string of the molecule is O.O.O=[N+]([O-])c1cc([N+](=O)[O-])c2ccccc2c1O.[Na+]. The van der Waals surface area contributed by atoms with Crippen molar-refractivity contribution in [1.29, 1.82) is 0 Å². The van der Waals surface area contributed by atoms with E-state index in [4.69, 9.17) is 0 Å². The number of benzene rings is 2. The Bertz CT molecular complexity index is 647. The molecule has 5 N–H and O–H groups in total. The van der Waals surface area contributed by atoms with Gasteiger partial charge in [0.05, 0.1) is 21.3 Å². The van der Waals surface area contributed by atoms with Crippen molar-refractivity contribution in [3.63, 3.8) is 0 Å². The van der Waals surface area contributed by atoms with Crippen molar-refractivity contribution in [3.05, 3.63) is 50.6 Å². The van der Waals surface area contributed by atoms with Crippen molar-refractivity contribution in [2.75, 3.05) is 0 Å². The van der Waals surface area contributed by atoms with E-state index in [0.29, 0.717) is 0 Å². The number of non-ortho nitro benzene ring substituents is 1. The topological polar surface area (TPSA) is 170 Å². The van der Waals surface area contributed by atoms with Crippen LogP contribution in [-0.4, -0.2) is 25.9 Å². The van der Waals surface area contributed by atoms with Crippen molar-refractivity contribution in [2.24, 2.45) is 0 Å². The number of aromatic hydroxyl groups is 1. The Morgan fingerprint density at radius 1 is 0.900 bits per heavy atom. The second-order valence-corrected chi connectivity index (χ2v) is 3.32. The fourth-order valence-corrected chi connectivity index (χ4v) is 1.62. The van der Waals surface area contributed by atoms with Crippen LogP contribution in [0.2, 0.25) is 0 Å². The Labute approximate surface area is 134 Å². The van der Waals surface area contributed by atoms with Gasteiger partial charge in [-0.05, 0) is 6.07 Å². The van der Waals surface area contributed by atoms with Gasteiger partial charge in [0.2, 0.25) is 5.75 Å². The van der Waals surface area contributed by atoms with Gasteiger partial charge >= 0.3 is 35.2 Å². The molecule has 20 heavy (non-hydrogen) atoms. The number of fused-ring (bicyclic) bond motifs is 1. The molecule has 2 aromatic rings. The summed E-state index contributed by atoms with van der Waals surface area (Å²) in [7, 11) is 0. The fourth-order valence-electron chi connectivity index (χ4n) is 1.62. The molecule has 2 rings (SSSR count). The standard InChI is InChI=1S/C10H6N2O5.Na.2H2O/c13-10-7-4-2-1-3-6(7)8(11(14)15)5-9(10)12(16)17;;;/h1-5,13H;;2*1H2/q;+1;;. The van der Waals surface area contributed by atoms with Crippen molar-refractivity contribution in [2.45, 2.75) is 0 Å². The number of phenols is 1. The zero-order valence-electron chi connectivity index (χ0n) is 10.4. The molecule has 0 fully saturated rings. The quantitative estimate of drug-likeness (QED) is 0.372. The van der Waals surface area contributed by atoms with Gasteiger partial charge in [-0.25, -0.2) is 0 Å². The molecule has 0 saturated carbocycles. The molecule has 0 radical (unpaired) electrons. The van der Waals surface area contributed by atoms with Crippen molar-refractivity contribution < 1.29 is 55.5 Å². The van der Waals surface area contributed by atoms with Crippen molar-refractivity contribution in [1.82, 2.24) is 0 Å². The van der Waals surface area contributed by atoms with Gasteiger partial charge in [0.15, 0.2) is 0 Å². The monoisotopic (exact) mass is 293 g/mol. The summed E-state index contributed by atoms with van der Waals surface area (Å²) in [6, 6.07) is 6.68. The van der Waals surface area contributed by atoms with Crippen LogP contribution in [0.5, 0.6) is 5.75 Å². The van der Waals surface area contributed by atoms with Gasteiger partial charge in [-0.2, -0.15) is 0 Å². The van der Waals surface area contributed by atoms with E-state index in [2.05, 4.69) is 0 Å². The van der Waals surface area contributed by atoms with E-state index in [1.165, 1.54) is 18.2 Å². The summed E-state index contributed by atoms with van der Waals surface area (Å²) in [5, 5.41) is 31.4. The zero-order valence-corrected chi connectivity index (χ0v) is 12.4. The van der Waals surface area contributed by atoms with Gasteiger partial charge in [-0.1, -0.05) is 18.2 Å². The zero-order chi connectivity index (χ0) is 12.6. The summed E-state index contributed by atoms with van der Waals surface area (Å²) in [5.41, 5.74) is -1.07. The Balaban J connectivity index is 0. The minimum absolute atomic E-state index is 0. The van der Waals surface area contributed by atoms with Crippen molar-refractivity contribution >= 4 is 22.1 Å². The molecule has 9 nitrogen and oxygen atoms in total. The van der Waals surface area contributed by atoms with Crippen LogP contribution in [0.15, 0.2) is 30.3 Å². The summed E-state index contributed by atoms with van der Waals surface area (Å²) in [6.45, 7) is 0. The maximum absolute atomic E-state index is 10.8. The maximum atomic E-state index is 10.8. The number of phenolic OH excluding ortho intramolecular Hbond substituents is 1. The first-order chi connectivity index (χ1) is 8.02. The van der Waals surface area contributed by atoms with E-state index < -0.39 is 27.0 Å². The van der Waals surface area contributed by atoms with E-state index >= 15 is 0 Å². The van der Waals surface area contributed by atoms with Crippen molar-refractivity contribution in [3.8, 4) is 5.75 Å². The average Bonchev–Trinajstić information content (AvgIpc) is 2.29. The van der Waals surface area contributed by atoms with Gasteiger partial charge in [0.25, 0.3) is 5.69 Å². The first-order valence-electron chi connectivity index (χ1n) is 4.56. The Kier molecular flexibility index (Phi) is 7.93. The average molecular weight is 293 g/mol. The Morgan fingerprint density at radius 2 is 1.35 bits per heavy atom. The van der Waals surface area contributed by atoms with Crippen LogP contribution in [0, 0.1) is 20.2 Å². The number of nitro benzene ring substituents is 2. The second-order valence-electron chi connectivity index (χ2n) is 3.32. The summed E-state index contributed by atoms with van der Waals surface area (Å²) in [4.78, 5) is 19.9. The minimum Gasteiger partial charge on any atom is -0.502 e. The summed E-state index contributed by atoms with van der Waals surface area (Å²) in [5.74, 6) is -0.559. The predicted molar refractivity (Wildman–Crippen MR) is 66.1 cm³/mol. The van der Waals surface area contributed by atoms with Crippen LogP contribution >= 0.6 is 0 Å². The third kappa shape index (κ3) is 3.40. The Morgan fingerprint density at radius 3 is 1.80 bits per heavy atom. The van der Waals surface area contributed by atoms with E-state index in [9.17, 15) is 25.3 Å². The van der Waals surface area contributed by atoms with Crippen LogP contribution in [-0.2, 0) is 0 Å². The van der Waals surface area contributed by atoms with Gasteiger partial charge in [-0.15, -0.1) is 0 Å². The molecule has 102 valence electrons. The Hall–Kier alpha value is -1.78. The molecule has 0 bridgehead atoms. The first kappa shape index (κ1) is 20.5. The van der Waals surface area contributed by atoms with Crippen LogP contribution in [0.3, 0.4) is 0 Å². The molecule has 10 heteroatoms. The first-order valence-corrected chi connectivity index (χ1v) is 4.56. The summed E-state index contributed by atoms with van der Waals surface area (Å²) in [6.07, 6.45) is 0. The number of rotatable bonds is 2. The molecular weight excluding hydrogens is 283 g/mol. The third-order valence-electron chi connectivity index (χ3n) is 2.37. The van der Waals surface area contributed by atoms with Crippen LogP contribution in [0.4, 0.5) is 11.4 Å². The predicted octanol–water partition coefficient (Wildman–Crippen LogP) is -2.28. The maximum Gasteiger partial charge on any atom is 1.00 e. The smallest absolute Gasteiger partial charge is 0.502 e. The molecule has 0 heterocycles. The van der Waals surface area contributed by atoms with Gasteiger partial charge in [-0.3, -0.25) is 20.2 Å². The molecular formula is C10H10N2NaO7+. The number of hydrogen-bond donors (Lipinski definition) is 1. The fraction of sp³-hybridized carbons (Fsp3) is 0. The molecule has 0 aliphatic heterocycles. The molecule has 0 aromatic heterocycles. The second kappa shape index (κ2) is 7.72. The molecule has 2 aromatic carbocycles. The van der Waals surface area contributed by atoms with Crippen LogP contribution in [0.25, 0.3) is 10.8 Å². The minimum atomic E-state index is -0.852. The molecule has 0 aliphatic carbocycles. The largest absolute Gasteiger partial charge is 1.00 e. The van der Waals surface area contributed by atoms with Crippen LogP contribution < -0.4 is 29.6 Å². The van der Waals surface area contributed by atoms with Crippen LogP contribution in [0.1, 0.15) is 0 Å².